The Bertz CT molecular complexity index is 508. The normalized spacial score (nSPS) is 10.5. The molecule has 0 saturated heterocycles. The standard InChI is InChI=1S/C15H16OS/c1-3-11-5-7-12(8-6-11)14-9-10-15(17-14)13(16)4-2/h5-10H,3-4H2,1-2H3. The number of hydrogen-bond acceptors (Lipinski definition) is 2. The van der Waals surface area contributed by atoms with Crippen LogP contribution in [0.15, 0.2) is 36.4 Å². The number of benzene rings is 1. The van der Waals surface area contributed by atoms with Gasteiger partial charge in [0.2, 0.25) is 0 Å². The van der Waals surface area contributed by atoms with Gasteiger partial charge in [-0.15, -0.1) is 11.3 Å². The van der Waals surface area contributed by atoms with Crippen molar-refractivity contribution in [3.63, 3.8) is 0 Å². The van der Waals surface area contributed by atoms with Crippen LogP contribution in [0.5, 0.6) is 0 Å². The van der Waals surface area contributed by atoms with Gasteiger partial charge in [-0.3, -0.25) is 4.79 Å². The summed E-state index contributed by atoms with van der Waals surface area (Å²) in [4.78, 5) is 13.6. The number of thiophene rings is 1. The van der Waals surface area contributed by atoms with E-state index in [1.807, 2.05) is 19.1 Å². The van der Waals surface area contributed by atoms with Crippen molar-refractivity contribution in [3.05, 3.63) is 46.8 Å². The van der Waals surface area contributed by atoms with Crippen LogP contribution in [0.1, 0.15) is 35.5 Å². The Labute approximate surface area is 106 Å². The fourth-order valence-corrected chi connectivity index (χ4v) is 2.74. The van der Waals surface area contributed by atoms with E-state index in [9.17, 15) is 4.79 Å². The molecule has 0 atom stereocenters. The number of ketones is 1. The number of carbonyl (C=O) groups is 1. The summed E-state index contributed by atoms with van der Waals surface area (Å²) in [6, 6.07) is 12.5. The number of rotatable bonds is 4. The summed E-state index contributed by atoms with van der Waals surface area (Å²) in [6.07, 6.45) is 1.64. The summed E-state index contributed by atoms with van der Waals surface area (Å²) in [5.74, 6) is 0.228. The van der Waals surface area contributed by atoms with Crippen LogP contribution in [0.4, 0.5) is 0 Å². The SMILES string of the molecule is CCC(=O)c1ccc(-c2ccc(CC)cc2)s1. The van der Waals surface area contributed by atoms with Gasteiger partial charge in [-0.2, -0.15) is 0 Å². The minimum atomic E-state index is 0.228. The van der Waals surface area contributed by atoms with Crippen LogP contribution in [-0.4, -0.2) is 5.78 Å². The zero-order valence-electron chi connectivity index (χ0n) is 10.2. The lowest BCUT2D eigenvalue weighted by molar-refractivity contribution is 0.0992. The van der Waals surface area contributed by atoms with Crippen molar-refractivity contribution >= 4 is 17.1 Å². The van der Waals surface area contributed by atoms with Gasteiger partial charge in [0.15, 0.2) is 5.78 Å². The first-order valence-electron chi connectivity index (χ1n) is 5.97. The molecule has 0 saturated carbocycles. The van der Waals surface area contributed by atoms with Gasteiger partial charge < -0.3 is 0 Å². The summed E-state index contributed by atoms with van der Waals surface area (Å²) in [5.41, 5.74) is 2.54. The first-order chi connectivity index (χ1) is 8.24. The number of Topliss-reactive ketones (excluding diaryl/α,β-unsaturated/α-hetero) is 1. The van der Waals surface area contributed by atoms with Crippen molar-refractivity contribution in [3.8, 4) is 10.4 Å². The topological polar surface area (TPSA) is 17.1 Å². The molecule has 17 heavy (non-hydrogen) atoms. The maximum absolute atomic E-state index is 11.6. The van der Waals surface area contributed by atoms with Crippen molar-refractivity contribution in [2.45, 2.75) is 26.7 Å². The van der Waals surface area contributed by atoms with Gasteiger partial charge in [0.1, 0.15) is 0 Å². The molecule has 0 spiro atoms. The zero-order chi connectivity index (χ0) is 12.3. The lowest BCUT2D eigenvalue weighted by atomic mass is 10.1. The minimum Gasteiger partial charge on any atom is -0.293 e. The molecule has 1 nitrogen and oxygen atoms in total. The van der Waals surface area contributed by atoms with E-state index in [-0.39, 0.29) is 5.78 Å². The van der Waals surface area contributed by atoms with Crippen LogP contribution in [0.3, 0.4) is 0 Å². The molecule has 0 N–H and O–H groups in total. The second-order valence-corrected chi connectivity index (χ2v) is 5.07. The highest BCUT2D eigenvalue weighted by molar-refractivity contribution is 7.17. The molecule has 1 aromatic carbocycles. The van der Waals surface area contributed by atoms with Crippen LogP contribution >= 0.6 is 11.3 Å². The molecule has 0 aliphatic rings. The van der Waals surface area contributed by atoms with Gasteiger partial charge >= 0.3 is 0 Å². The summed E-state index contributed by atoms with van der Waals surface area (Å²) >= 11 is 1.58. The molecular formula is C15H16OS. The summed E-state index contributed by atoms with van der Waals surface area (Å²) in [5, 5.41) is 0. The highest BCUT2D eigenvalue weighted by Crippen LogP contribution is 2.29. The summed E-state index contributed by atoms with van der Waals surface area (Å²) < 4.78 is 0. The molecule has 0 amide bonds. The first kappa shape index (κ1) is 12.1. The molecular weight excluding hydrogens is 228 g/mol. The summed E-state index contributed by atoms with van der Waals surface area (Å²) in [7, 11) is 0. The smallest absolute Gasteiger partial charge is 0.172 e. The number of carbonyl (C=O) groups excluding carboxylic acids is 1. The molecule has 0 aliphatic carbocycles. The monoisotopic (exact) mass is 244 g/mol. The molecule has 2 aromatic rings. The van der Waals surface area contributed by atoms with E-state index >= 15 is 0 Å². The van der Waals surface area contributed by atoms with Crippen molar-refractivity contribution < 1.29 is 4.79 Å². The fraction of sp³-hybridized carbons (Fsp3) is 0.267. The van der Waals surface area contributed by atoms with E-state index in [2.05, 4.69) is 31.2 Å². The minimum absolute atomic E-state index is 0.228. The van der Waals surface area contributed by atoms with Crippen LogP contribution in [0.25, 0.3) is 10.4 Å². The van der Waals surface area contributed by atoms with E-state index in [1.54, 1.807) is 11.3 Å². The Balaban J connectivity index is 2.27. The molecule has 88 valence electrons. The quantitative estimate of drug-likeness (QED) is 0.720. The molecule has 2 heteroatoms. The van der Waals surface area contributed by atoms with Gasteiger partial charge in [0.05, 0.1) is 4.88 Å². The van der Waals surface area contributed by atoms with Gasteiger partial charge in [-0.1, -0.05) is 38.1 Å². The largest absolute Gasteiger partial charge is 0.293 e. The number of aryl methyl sites for hydroxylation is 1. The predicted octanol–water partition coefficient (Wildman–Crippen LogP) is 4.57. The number of hydrogen-bond donors (Lipinski definition) is 0. The Hall–Kier alpha value is -1.41. The second kappa shape index (κ2) is 5.28. The van der Waals surface area contributed by atoms with E-state index in [1.165, 1.54) is 16.0 Å². The average Bonchev–Trinajstić information content (AvgIpc) is 2.87. The Morgan fingerprint density at radius 3 is 2.35 bits per heavy atom. The third kappa shape index (κ3) is 2.64. The van der Waals surface area contributed by atoms with Gasteiger partial charge in [-0.25, -0.2) is 0 Å². The van der Waals surface area contributed by atoms with Crippen molar-refractivity contribution in [1.82, 2.24) is 0 Å². The van der Waals surface area contributed by atoms with E-state index < -0.39 is 0 Å². The van der Waals surface area contributed by atoms with Crippen molar-refractivity contribution in [1.29, 1.82) is 0 Å². The second-order valence-electron chi connectivity index (χ2n) is 3.99. The highest BCUT2D eigenvalue weighted by Gasteiger charge is 2.08. The lowest BCUT2D eigenvalue weighted by Crippen LogP contribution is -1.90. The van der Waals surface area contributed by atoms with E-state index in [0.717, 1.165) is 11.3 Å². The molecule has 2 rings (SSSR count). The molecule has 1 heterocycles. The zero-order valence-corrected chi connectivity index (χ0v) is 11.0. The third-order valence-corrected chi connectivity index (χ3v) is 4.02. The van der Waals surface area contributed by atoms with Gasteiger partial charge in [-0.05, 0) is 29.7 Å². The van der Waals surface area contributed by atoms with Crippen molar-refractivity contribution in [2.75, 3.05) is 0 Å². The van der Waals surface area contributed by atoms with Crippen LogP contribution in [-0.2, 0) is 6.42 Å². The van der Waals surface area contributed by atoms with Gasteiger partial charge in [0.25, 0.3) is 0 Å². The van der Waals surface area contributed by atoms with Gasteiger partial charge in [0, 0.05) is 11.3 Å². The van der Waals surface area contributed by atoms with Crippen LogP contribution in [0, 0.1) is 0 Å². The average molecular weight is 244 g/mol. The third-order valence-electron chi connectivity index (χ3n) is 2.85. The van der Waals surface area contributed by atoms with Crippen LogP contribution < -0.4 is 0 Å². The highest BCUT2D eigenvalue weighted by atomic mass is 32.1. The Morgan fingerprint density at radius 2 is 1.76 bits per heavy atom. The maximum atomic E-state index is 11.6. The molecule has 1 aromatic heterocycles. The lowest BCUT2D eigenvalue weighted by Gasteiger charge is -1.99. The molecule has 0 bridgehead atoms. The Kier molecular flexibility index (Phi) is 3.75. The Morgan fingerprint density at radius 1 is 1.06 bits per heavy atom. The predicted molar refractivity (Wildman–Crippen MR) is 73.8 cm³/mol. The van der Waals surface area contributed by atoms with E-state index in [4.69, 9.17) is 0 Å². The molecule has 0 fully saturated rings. The maximum Gasteiger partial charge on any atom is 0.172 e. The molecule has 0 unspecified atom stereocenters. The summed E-state index contributed by atoms with van der Waals surface area (Å²) in [6.45, 7) is 4.05. The molecule has 0 radical (unpaired) electrons. The first-order valence-corrected chi connectivity index (χ1v) is 6.78. The fourth-order valence-electron chi connectivity index (χ4n) is 1.72. The van der Waals surface area contributed by atoms with Crippen molar-refractivity contribution in [2.24, 2.45) is 0 Å². The molecule has 0 aliphatic heterocycles. The van der Waals surface area contributed by atoms with E-state index in [0.29, 0.717) is 6.42 Å². The van der Waals surface area contributed by atoms with Crippen LogP contribution in [0.2, 0.25) is 0 Å².